The van der Waals surface area contributed by atoms with Crippen molar-refractivity contribution in [1.29, 1.82) is 0 Å². The van der Waals surface area contributed by atoms with E-state index in [1.165, 1.54) is 38.5 Å². The van der Waals surface area contributed by atoms with Gasteiger partial charge in [-0.15, -0.1) is 6.58 Å². The van der Waals surface area contributed by atoms with Crippen LogP contribution in [0.1, 0.15) is 137 Å². The number of carbonyl (C=O) groups is 3. The summed E-state index contributed by atoms with van der Waals surface area (Å²) in [7, 11) is 0. The molecule has 0 aliphatic heterocycles. The van der Waals surface area contributed by atoms with Crippen molar-refractivity contribution in [3.05, 3.63) is 12.7 Å². The van der Waals surface area contributed by atoms with Crippen molar-refractivity contribution in [1.82, 2.24) is 0 Å². The van der Waals surface area contributed by atoms with E-state index >= 15 is 0 Å². The second-order valence-corrected chi connectivity index (χ2v) is 13.6. The highest BCUT2D eigenvalue weighted by molar-refractivity contribution is 5.85. The SMILES string of the molecule is C=C[C@]1(C)C[C@@H](OC(=O)COC(=O)CCCCCCCCCCC)[C@]2(C)CC[C@@H](C[C@@H]1O)[C@]1(CC)CCC(=O)[C@@H]21. The third-order valence-corrected chi connectivity index (χ3v) is 11.1. The van der Waals surface area contributed by atoms with E-state index < -0.39 is 35.6 Å². The third kappa shape index (κ3) is 7.20. The molecule has 6 heteroatoms. The van der Waals surface area contributed by atoms with Gasteiger partial charge in [-0.05, 0) is 56.3 Å². The zero-order valence-electron chi connectivity index (χ0n) is 25.8. The summed E-state index contributed by atoms with van der Waals surface area (Å²) in [6, 6.07) is 0. The molecule has 4 fully saturated rings. The minimum absolute atomic E-state index is 0.176. The molecule has 6 nitrogen and oxygen atoms in total. The van der Waals surface area contributed by atoms with Crippen molar-refractivity contribution in [3.63, 3.8) is 0 Å². The summed E-state index contributed by atoms with van der Waals surface area (Å²) in [5.74, 6) is -0.632. The quantitative estimate of drug-likeness (QED) is 0.127. The molecule has 228 valence electrons. The van der Waals surface area contributed by atoms with E-state index in [2.05, 4.69) is 27.4 Å². The smallest absolute Gasteiger partial charge is 0.344 e. The highest BCUT2D eigenvalue weighted by Crippen LogP contribution is 2.66. The molecule has 0 aromatic heterocycles. The highest BCUT2D eigenvalue weighted by atomic mass is 16.6. The van der Waals surface area contributed by atoms with Gasteiger partial charge in [-0.3, -0.25) is 9.59 Å². The van der Waals surface area contributed by atoms with Crippen LogP contribution in [-0.4, -0.2) is 41.6 Å². The summed E-state index contributed by atoms with van der Waals surface area (Å²) < 4.78 is 11.4. The zero-order valence-corrected chi connectivity index (χ0v) is 25.8. The van der Waals surface area contributed by atoms with Crippen molar-refractivity contribution < 1.29 is 29.0 Å². The maximum atomic E-state index is 13.4. The minimum atomic E-state index is -0.655. The fraction of sp³-hybridized carbons (Fsp3) is 0.853. The number of fused-ring (bicyclic) bond motifs is 5. The van der Waals surface area contributed by atoms with E-state index in [0.717, 1.165) is 44.9 Å². The summed E-state index contributed by atoms with van der Waals surface area (Å²) in [5, 5.41) is 11.4. The molecular weight excluding hydrogens is 504 g/mol. The molecule has 4 saturated carbocycles. The number of esters is 2. The van der Waals surface area contributed by atoms with Gasteiger partial charge in [-0.1, -0.05) is 85.1 Å². The highest BCUT2D eigenvalue weighted by Gasteiger charge is 2.65. The number of rotatable bonds is 15. The molecule has 4 aliphatic carbocycles. The molecular formula is C34H56O6. The molecule has 7 atom stereocenters. The number of hydrogen-bond acceptors (Lipinski definition) is 6. The fourth-order valence-electron chi connectivity index (χ4n) is 8.40. The van der Waals surface area contributed by atoms with E-state index in [1.54, 1.807) is 6.08 Å². The largest absolute Gasteiger partial charge is 0.459 e. The Bertz CT molecular complexity index is 884. The number of aliphatic hydroxyl groups excluding tert-OH is 1. The van der Waals surface area contributed by atoms with Crippen molar-refractivity contribution in [2.24, 2.45) is 28.1 Å². The summed E-state index contributed by atoms with van der Waals surface area (Å²) in [4.78, 5) is 38.8. The average molecular weight is 561 g/mol. The number of hydrogen-bond donors (Lipinski definition) is 1. The zero-order chi connectivity index (χ0) is 29.4. The Kier molecular flexibility index (Phi) is 11.9. The summed E-state index contributed by atoms with van der Waals surface area (Å²) in [6.45, 7) is 12.1. The van der Waals surface area contributed by atoms with Gasteiger partial charge in [0.25, 0.3) is 0 Å². The van der Waals surface area contributed by atoms with Gasteiger partial charge in [0.1, 0.15) is 11.9 Å². The normalized spacial score (nSPS) is 35.4. The Morgan fingerprint density at radius 2 is 1.65 bits per heavy atom. The number of carbonyl (C=O) groups excluding carboxylic acids is 3. The topological polar surface area (TPSA) is 89.9 Å². The molecule has 0 amide bonds. The predicted molar refractivity (Wildman–Crippen MR) is 158 cm³/mol. The second-order valence-electron chi connectivity index (χ2n) is 13.6. The van der Waals surface area contributed by atoms with E-state index in [-0.39, 0.29) is 29.0 Å². The summed E-state index contributed by atoms with van der Waals surface area (Å²) in [6.07, 6.45) is 16.3. The van der Waals surface area contributed by atoms with Gasteiger partial charge < -0.3 is 14.6 Å². The lowest BCUT2D eigenvalue weighted by atomic mass is 9.49. The van der Waals surface area contributed by atoms with Gasteiger partial charge in [-0.25, -0.2) is 4.79 Å². The first kappa shape index (κ1) is 32.8. The molecule has 0 spiro atoms. The molecule has 40 heavy (non-hydrogen) atoms. The fourth-order valence-corrected chi connectivity index (χ4v) is 8.40. The van der Waals surface area contributed by atoms with Crippen LogP contribution in [0, 0.1) is 28.1 Å². The third-order valence-electron chi connectivity index (χ3n) is 11.1. The van der Waals surface area contributed by atoms with Crippen LogP contribution in [0.2, 0.25) is 0 Å². The molecule has 2 bridgehead atoms. The Hall–Kier alpha value is -1.69. The maximum Gasteiger partial charge on any atom is 0.344 e. The molecule has 4 rings (SSSR count). The van der Waals surface area contributed by atoms with Crippen LogP contribution in [-0.2, 0) is 23.9 Å². The minimum Gasteiger partial charge on any atom is -0.459 e. The first-order valence-corrected chi connectivity index (χ1v) is 16.3. The van der Waals surface area contributed by atoms with Crippen molar-refractivity contribution >= 4 is 17.7 Å². The van der Waals surface area contributed by atoms with Crippen molar-refractivity contribution in [2.45, 2.75) is 149 Å². The molecule has 0 radical (unpaired) electrons. The van der Waals surface area contributed by atoms with Gasteiger partial charge in [0.2, 0.25) is 0 Å². The molecule has 0 heterocycles. The molecule has 1 N–H and O–H groups in total. The van der Waals surface area contributed by atoms with E-state index in [0.29, 0.717) is 25.7 Å². The number of unbranched alkanes of at least 4 members (excludes halogenated alkanes) is 8. The van der Waals surface area contributed by atoms with Gasteiger partial charge in [-0.2, -0.15) is 0 Å². The number of aliphatic hydroxyl groups is 1. The first-order valence-electron chi connectivity index (χ1n) is 16.3. The Balaban J connectivity index is 1.60. The maximum absolute atomic E-state index is 13.4. The lowest BCUT2D eigenvalue weighted by Crippen LogP contribution is -2.55. The van der Waals surface area contributed by atoms with Gasteiger partial charge in [0, 0.05) is 29.6 Å². The van der Waals surface area contributed by atoms with Gasteiger partial charge >= 0.3 is 11.9 Å². The van der Waals surface area contributed by atoms with Crippen LogP contribution in [0.25, 0.3) is 0 Å². The molecule has 4 aliphatic rings. The average Bonchev–Trinajstić information content (AvgIpc) is 3.32. The van der Waals surface area contributed by atoms with Crippen LogP contribution in [0.5, 0.6) is 0 Å². The van der Waals surface area contributed by atoms with E-state index in [1.807, 2.05) is 6.92 Å². The summed E-state index contributed by atoms with van der Waals surface area (Å²) >= 11 is 0. The van der Waals surface area contributed by atoms with Crippen LogP contribution in [0.3, 0.4) is 0 Å². The Morgan fingerprint density at radius 1 is 1.00 bits per heavy atom. The molecule has 0 saturated heterocycles. The van der Waals surface area contributed by atoms with Crippen LogP contribution >= 0.6 is 0 Å². The van der Waals surface area contributed by atoms with Crippen LogP contribution in [0.4, 0.5) is 0 Å². The lowest BCUT2D eigenvalue weighted by molar-refractivity contribution is -0.180. The Labute approximate surface area is 243 Å². The molecule has 0 aromatic rings. The van der Waals surface area contributed by atoms with Crippen LogP contribution < -0.4 is 0 Å². The van der Waals surface area contributed by atoms with Crippen molar-refractivity contribution in [2.75, 3.05) is 6.61 Å². The second kappa shape index (κ2) is 14.5. The number of ether oxygens (including phenoxy) is 2. The Morgan fingerprint density at radius 3 is 2.27 bits per heavy atom. The van der Waals surface area contributed by atoms with Gasteiger partial charge in [0.05, 0.1) is 6.10 Å². The van der Waals surface area contributed by atoms with Crippen molar-refractivity contribution in [3.8, 4) is 0 Å². The van der Waals surface area contributed by atoms with Gasteiger partial charge in [0.15, 0.2) is 6.61 Å². The summed E-state index contributed by atoms with van der Waals surface area (Å²) in [5.41, 5.74) is -1.37. The predicted octanol–water partition coefficient (Wildman–Crippen LogP) is 7.50. The lowest BCUT2D eigenvalue weighted by Gasteiger charge is -2.55. The van der Waals surface area contributed by atoms with Crippen LogP contribution in [0.15, 0.2) is 12.7 Å². The van der Waals surface area contributed by atoms with E-state index in [9.17, 15) is 19.5 Å². The number of Topliss-reactive ketones (excluding diaryl/α,β-unsaturated/α-hetero) is 1. The molecule has 0 unspecified atom stereocenters. The monoisotopic (exact) mass is 560 g/mol. The number of ketones is 1. The first-order chi connectivity index (χ1) is 19.1. The standard InChI is InChI=1S/C34H56O6/c1-6-9-10-11-12-13-14-15-16-17-29(37)39-24-30(38)40-28-23-32(4,7-2)27(36)22-25-18-20-33(28,5)31-26(35)19-21-34(25,31)8-3/h7,25,27-28,31,36H,2,6,8-24H2,1,3-5H3/t25-,27-,28+,31-,32+,33-,34-/m0/s1. The molecule has 0 aromatic carbocycles. The van der Waals surface area contributed by atoms with E-state index in [4.69, 9.17) is 9.47 Å².